The van der Waals surface area contributed by atoms with E-state index in [1.807, 2.05) is 0 Å². The number of hydrogen-bond acceptors (Lipinski definition) is 4. The van der Waals surface area contributed by atoms with Crippen LogP contribution in [0.4, 0.5) is 8.78 Å². The summed E-state index contributed by atoms with van der Waals surface area (Å²) >= 11 is 6.20. The Bertz CT molecular complexity index is 687. The lowest BCUT2D eigenvalue weighted by atomic mass is 9.93. The second-order valence-corrected chi connectivity index (χ2v) is 4.78. The van der Waals surface area contributed by atoms with Gasteiger partial charge in [0.05, 0.1) is 17.8 Å². The van der Waals surface area contributed by atoms with E-state index in [2.05, 4.69) is 24.9 Å². The van der Waals surface area contributed by atoms with Gasteiger partial charge in [0.25, 0.3) is 0 Å². The molecule has 0 radical (unpaired) electrons. The summed E-state index contributed by atoms with van der Waals surface area (Å²) in [6.45, 7) is -2.99. The maximum atomic E-state index is 12.6. The standard InChI is InChI=1S/C12H9ClF2N4O/c13-12(20-11(14)15)4-2-1-3-7(12)9-10-8(18-19-9)5-16-6-17-10/h1-7,11H,(H,18,19). The van der Waals surface area contributed by atoms with Crippen molar-refractivity contribution in [1.29, 1.82) is 0 Å². The Kier molecular flexibility index (Phi) is 3.23. The van der Waals surface area contributed by atoms with Gasteiger partial charge in [-0.1, -0.05) is 29.8 Å². The zero-order valence-corrected chi connectivity index (χ0v) is 10.8. The second-order valence-electron chi connectivity index (χ2n) is 4.19. The molecule has 5 nitrogen and oxygen atoms in total. The van der Waals surface area contributed by atoms with Crippen molar-refractivity contribution in [2.45, 2.75) is 17.6 Å². The van der Waals surface area contributed by atoms with Gasteiger partial charge < -0.3 is 0 Å². The van der Waals surface area contributed by atoms with Gasteiger partial charge in [0.15, 0.2) is 5.06 Å². The first-order valence-electron chi connectivity index (χ1n) is 5.75. The van der Waals surface area contributed by atoms with Crippen LogP contribution in [-0.2, 0) is 4.74 Å². The SMILES string of the molecule is FC(F)OC1(Cl)C=CC=CC1c1[nH]nc2cncnc12. The molecular formula is C12H9ClF2N4O. The highest BCUT2D eigenvalue weighted by molar-refractivity contribution is 6.25. The van der Waals surface area contributed by atoms with Gasteiger partial charge in [-0.05, 0) is 6.08 Å². The van der Waals surface area contributed by atoms with Crippen LogP contribution >= 0.6 is 11.6 Å². The number of alkyl halides is 3. The number of aromatic nitrogens is 4. The highest BCUT2D eigenvalue weighted by Gasteiger charge is 2.41. The van der Waals surface area contributed by atoms with Crippen molar-refractivity contribution in [3.63, 3.8) is 0 Å². The molecule has 20 heavy (non-hydrogen) atoms. The third-order valence-electron chi connectivity index (χ3n) is 2.99. The zero-order valence-electron chi connectivity index (χ0n) is 10.0. The lowest BCUT2D eigenvalue weighted by Gasteiger charge is -2.31. The molecule has 0 spiro atoms. The molecule has 0 aliphatic heterocycles. The Morgan fingerprint density at radius 2 is 2.25 bits per heavy atom. The number of allylic oxidation sites excluding steroid dienone is 2. The van der Waals surface area contributed by atoms with Crippen molar-refractivity contribution in [3.8, 4) is 0 Å². The van der Waals surface area contributed by atoms with E-state index in [4.69, 9.17) is 11.6 Å². The molecular weight excluding hydrogens is 290 g/mol. The molecule has 2 atom stereocenters. The van der Waals surface area contributed by atoms with Crippen molar-refractivity contribution in [2.75, 3.05) is 0 Å². The van der Waals surface area contributed by atoms with E-state index in [0.29, 0.717) is 16.7 Å². The first-order valence-corrected chi connectivity index (χ1v) is 6.13. The molecule has 2 heterocycles. The van der Waals surface area contributed by atoms with Crippen molar-refractivity contribution in [2.24, 2.45) is 0 Å². The van der Waals surface area contributed by atoms with Crippen LogP contribution in [0.2, 0.25) is 0 Å². The fourth-order valence-corrected chi connectivity index (χ4v) is 2.46. The Balaban J connectivity index is 2.07. The van der Waals surface area contributed by atoms with Gasteiger partial charge in [-0.3, -0.25) is 9.84 Å². The van der Waals surface area contributed by atoms with Crippen molar-refractivity contribution < 1.29 is 13.5 Å². The highest BCUT2D eigenvalue weighted by atomic mass is 35.5. The smallest absolute Gasteiger partial charge is 0.296 e. The van der Waals surface area contributed by atoms with Gasteiger partial charge in [-0.25, -0.2) is 9.97 Å². The van der Waals surface area contributed by atoms with Gasteiger partial charge in [0.2, 0.25) is 0 Å². The monoisotopic (exact) mass is 298 g/mol. The number of ether oxygens (including phenoxy) is 1. The van der Waals surface area contributed by atoms with E-state index in [1.54, 1.807) is 18.2 Å². The van der Waals surface area contributed by atoms with Crippen LogP contribution in [0.25, 0.3) is 11.0 Å². The molecule has 3 rings (SSSR count). The molecule has 0 saturated carbocycles. The van der Waals surface area contributed by atoms with Crippen molar-refractivity contribution in [3.05, 3.63) is 42.5 Å². The molecule has 0 aromatic carbocycles. The average Bonchev–Trinajstić information content (AvgIpc) is 2.82. The summed E-state index contributed by atoms with van der Waals surface area (Å²) in [5.74, 6) is -0.664. The van der Waals surface area contributed by atoms with Crippen LogP contribution in [0.15, 0.2) is 36.8 Å². The number of halogens is 3. The molecule has 1 aliphatic rings. The summed E-state index contributed by atoms with van der Waals surface area (Å²) in [4.78, 5) is 7.94. The molecule has 0 saturated heterocycles. The van der Waals surface area contributed by atoms with Crippen LogP contribution in [-0.4, -0.2) is 31.8 Å². The number of aromatic amines is 1. The van der Waals surface area contributed by atoms with Gasteiger partial charge in [0.1, 0.15) is 17.4 Å². The van der Waals surface area contributed by atoms with E-state index in [-0.39, 0.29) is 0 Å². The molecule has 1 N–H and O–H groups in total. The van der Waals surface area contributed by atoms with Gasteiger partial charge in [-0.15, -0.1) is 0 Å². The van der Waals surface area contributed by atoms with E-state index in [1.165, 1.54) is 18.6 Å². The third kappa shape index (κ3) is 2.19. The summed E-state index contributed by atoms with van der Waals surface area (Å²) in [6.07, 6.45) is 9.17. The van der Waals surface area contributed by atoms with E-state index >= 15 is 0 Å². The first kappa shape index (κ1) is 13.1. The lowest BCUT2D eigenvalue weighted by Crippen LogP contribution is -2.34. The summed E-state index contributed by atoms with van der Waals surface area (Å²) in [5.41, 5.74) is 1.55. The van der Waals surface area contributed by atoms with Gasteiger partial charge in [0, 0.05) is 0 Å². The first-order chi connectivity index (χ1) is 9.60. The Morgan fingerprint density at radius 3 is 3.05 bits per heavy atom. The third-order valence-corrected chi connectivity index (χ3v) is 3.44. The molecule has 1 aliphatic carbocycles. The number of fused-ring (bicyclic) bond motifs is 1. The zero-order chi connectivity index (χ0) is 14.2. The molecule has 2 unspecified atom stereocenters. The van der Waals surface area contributed by atoms with E-state index in [0.717, 1.165) is 0 Å². The molecule has 2 aromatic heterocycles. The predicted molar refractivity (Wildman–Crippen MR) is 68.4 cm³/mol. The molecule has 8 heteroatoms. The Morgan fingerprint density at radius 1 is 1.40 bits per heavy atom. The summed E-state index contributed by atoms with van der Waals surface area (Å²) in [6, 6.07) is 0. The second kappa shape index (κ2) is 4.92. The highest BCUT2D eigenvalue weighted by Crippen LogP contribution is 2.41. The number of rotatable bonds is 3. The molecule has 2 aromatic rings. The molecule has 0 bridgehead atoms. The largest absolute Gasteiger partial charge is 0.347 e. The number of nitrogens with one attached hydrogen (secondary N) is 1. The van der Waals surface area contributed by atoms with Crippen LogP contribution in [0, 0.1) is 0 Å². The van der Waals surface area contributed by atoms with Crippen LogP contribution in [0.1, 0.15) is 11.6 Å². The Labute approximate surface area is 117 Å². The number of hydrogen-bond donors (Lipinski definition) is 1. The van der Waals surface area contributed by atoms with E-state index in [9.17, 15) is 8.78 Å². The van der Waals surface area contributed by atoms with Crippen LogP contribution in [0.3, 0.4) is 0 Å². The van der Waals surface area contributed by atoms with E-state index < -0.39 is 17.6 Å². The fourth-order valence-electron chi connectivity index (χ4n) is 2.14. The summed E-state index contributed by atoms with van der Waals surface area (Å²) < 4.78 is 29.7. The predicted octanol–water partition coefficient (Wildman–Crippen LogP) is 2.74. The van der Waals surface area contributed by atoms with Crippen LogP contribution in [0.5, 0.6) is 0 Å². The fraction of sp³-hybridized carbons (Fsp3) is 0.250. The average molecular weight is 299 g/mol. The molecule has 0 amide bonds. The van der Waals surface area contributed by atoms with Crippen molar-refractivity contribution in [1.82, 2.24) is 20.2 Å². The minimum absolute atomic E-state index is 0.499. The maximum Gasteiger partial charge on any atom is 0.347 e. The Hall–Kier alpha value is -1.86. The molecule has 104 valence electrons. The number of H-pyrrole nitrogens is 1. The summed E-state index contributed by atoms with van der Waals surface area (Å²) in [5, 5.41) is 5.11. The quantitative estimate of drug-likeness (QED) is 0.885. The maximum absolute atomic E-state index is 12.6. The minimum atomic E-state index is -2.99. The van der Waals surface area contributed by atoms with Crippen LogP contribution < -0.4 is 0 Å². The topological polar surface area (TPSA) is 63.7 Å². The lowest BCUT2D eigenvalue weighted by molar-refractivity contribution is -0.167. The van der Waals surface area contributed by atoms with Gasteiger partial charge >= 0.3 is 6.61 Å². The van der Waals surface area contributed by atoms with Crippen molar-refractivity contribution >= 4 is 22.6 Å². The normalized spacial score (nSPS) is 25.7. The molecule has 0 fully saturated rings. The summed E-state index contributed by atoms with van der Waals surface area (Å²) in [7, 11) is 0. The van der Waals surface area contributed by atoms with Gasteiger partial charge in [-0.2, -0.15) is 13.9 Å². The number of nitrogens with zero attached hydrogens (tertiary/aromatic N) is 3. The minimum Gasteiger partial charge on any atom is -0.296 e.